The van der Waals surface area contributed by atoms with Crippen molar-refractivity contribution in [3.63, 3.8) is 0 Å². The highest BCUT2D eigenvalue weighted by molar-refractivity contribution is 7.82. The molecule has 0 bridgehead atoms. The smallest absolute Gasteiger partial charge is 0.0438 e. The van der Waals surface area contributed by atoms with Crippen LogP contribution >= 0.6 is 24.2 Å². The summed E-state index contributed by atoms with van der Waals surface area (Å²) in [5.74, 6) is 1.79. The van der Waals surface area contributed by atoms with Crippen LogP contribution in [-0.4, -0.2) is 0 Å². The minimum atomic E-state index is 0.813. The van der Waals surface area contributed by atoms with Crippen molar-refractivity contribution in [3.8, 4) is 0 Å². The third-order valence-electron chi connectivity index (χ3n) is 1.27. The van der Waals surface area contributed by atoms with Crippen molar-refractivity contribution in [3.05, 3.63) is 40.6 Å². The summed E-state index contributed by atoms with van der Waals surface area (Å²) in [7, 11) is 0. The van der Waals surface area contributed by atoms with Gasteiger partial charge in [-0.2, -0.15) is 12.6 Å². The Bertz CT molecular complexity index is 210. The van der Waals surface area contributed by atoms with Crippen LogP contribution in [0.25, 0.3) is 0 Å². The van der Waals surface area contributed by atoms with E-state index >= 15 is 0 Å². The van der Waals surface area contributed by atoms with Crippen LogP contribution in [0.4, 0.5) is 0 Å². The number of rotatable bonds is 2. The molecule has 1 aromatic rings. The van der Waals surface area contributed by atoms with Crippen LogP contribution in [0.1, 0.15) is 5.56 Å². The fourth-order valence-corrected chi connectivity index (χ4v) is 1.17. The van der Waals surface area contributed by atoms with Gasteiger partial charge in [0.2, 0.25) is 0 Å². The molecule has 0 unspecified atom stereocenters. The van der Waals surface area contributed by atoms with E-state index in [1.54, 1.807) is 5.75 Å². The molecule has 53 valence electrons. The van der Waals surface area contributed by atoms with Gasteiger partial charge in [0.05, 0.1) is 0 Å². The second-order valence-corrected chi connectivity index (χ2v) is 2.75. The molecule has 1 radical (unpaired) electrons. The predicted octanol–water partition coefficient (Wildman–Crippen LogP) is 2.97. The first-order chi connectivity index (χ1) is 4.84. The fraction of sp³-hybridized carbons (Fsp3) is 0.125. The van der Waals surface area contributed by atoms with E-state index in [9.17, 15) is 0 Å². The van der Waals surface area contributed by atoms with Crippen molar-refractivity contribution >= 4 is 24.2 Å². The molecule has 0 atom stereocenters. The topological polar surface area (TPSA) is 0 Å². The second-order valence-electron chi connectivity index (χ2n) is 1.98. The molecule has 0 N–H and O–H groups in total. The van der Waals surface area contributed by atoms with Gasteiger partial charge in [0.1, 0.15) is 0 Å². The Balaban J connectivity index is 2.81. The first-order valence-electron chi connectivity index (χ1n) is 3.04. The Morgan fingerprint density at radius 2 is 2.10 bits per heavy atom. The lowest BCUT2D eigenvalue weighted by Crippen LogP contribution is -1.81. The maximum Gasteiger partial charge on any atom is 0.0438 e. The summed E-state index contributed by atoms with van der Waals surface area (Å²) in [6.07, 6.45) is 0.822. The monoisotopic (exact) mass is 171 g/mol. The lowest BCUT2D eigenvalue weighted by molar-refractivity contribution is 1.25. The van der Waals surface area contributed by atoms with Crippen LogP contribution in [0.3, 0.4) is 0 Å². The number of halogens is 1. The zero-order valence-electron chi connectivity index (χ0n) is 5.42. The lowest BCUT2D eigenvalue weighted by Gasteiger charge is -1.98. The van der Waals surface area contributed by atoms with Crippen molar-refractivity contribution in [2.45, 2.75) is 6.42 Å². The molecule has 0 aromatic heterocycles. The fourth-order valence-electron chi connectivity index (χ4n) is 0.762. The van der Waals surface area contributed by atoms with Gasteiger partial charge >= 0.3 is 0 Å². The van der Waals surface area contributed by atoms with Gasteiger partial charge in [0.25, 0.3) is 0 Å². The van der Waals surface area contributed by atoms with E-state index in [4.69, 9.17) is 11.6 Å². The van der Waals surface area contributed by atoms with Crippen molar-refractivity contribution in [1.82, 2.24) is 0 Å². The minimum Gasteiger partial charge on any atom is -0.174 e. The van der Waals surface area contributed by atoms with Gasteiger partial charge in [-0.25, -0.2) is 0 Å². The molecule has 0 amide bonds. The summed E-state index contributed by atoms with van der Waals surface area (Å²) in [5, 5.41) is 0.813. The summed E-state index contributed by atoms with van der Waals surface area (Å²) in [4.78, 5) is 0. The van der Waals surface area contributed by atoms with E-state index < -0.39 is 0 Å². The average Bonchev–Trinajstić information content (AvgIpc) is 1.94. The molecule has 0 saturated heterocycles. The Labute approximate surface area is 71.6 Å². The molecule has 0 heterocycles. The van der Waals surface area contributed by atoms with Crippen molar-refractivity contribution < 1.29 is 0 Å². The van der Waals surface area contributed by atoms with Crippen molar-refractivity contribution in [2.75, 3.05) is 0 Å². The molecule has 0 aliphatic rings. The Hall–Kier alpha value is -0.140. The van der Waals surface area contributed by atoms with Crippen LogP contribution < -0.4 is 0 Å². The van der Waals surface area contributed by atoms with Gasteiger partial charge in [0, 0.05) is 10.8 Å². The van der Waals surface area contributed by atoms with E-state index in [-0.39, 0.29) is 0 Å². The second kappa shape index (κ2) is 3.89. The molecular formula is C8H8ClS. The zero-order valence-corrected chi connectivity index (χ0v) is 7.07. The molecule has 0 nitrogen and oxygen atoms in total. The number of hydrogen-bond acceptors (Lipinski definition) is 1. The molecule has 1 aromatic carbocycles. The van der Waals surface area contributed by atoms with Gasteiger partial charge in [-0.1, -0.05) is 29.8 Å². The number of hydrogen-bond donors (Lipinski definition) is 1. The third kappa shape index (κ3) is 1.93. The van der Waals surface area contributed by atoms with Crippen LogP contribution in [0.2, 0.25) is 5.02 Å². The summed E-state index contributed by atoms with van der Waals surface area (Å²) < 4.78 is 0. The van der Waals surface area contributed by atoms with E-state index in [0.29, 0.717) is 0 Å². The molecule has 1 rings (SSSR count). The highest BCUT2D eigenvalue weighted by atomic mass is 35.5. The van der Waals surface area contributed by atoms with Gasteiger partial charge in [0.15, 0.2) is 0 Å². The Morgan fingerprint density at radius 3 is 2.70 bits per heavy atom. The average molecular weight is 172 g/mol. The first kappa shape index (κ1) is 7.96. The molecule has 10 heavy (non-hydrogen) atoms. The summed E-state index contributed by atoms with van der Waals surface area (Å²) in [6, 6.07) is 7.77. The zero-order chi connectivity index (χ0) is 7.40. The van der Waals surface area contributed by atoms with Crippen molar-refractivity contribution in [1.29, 1.82) is 0 Å². The lowest BCUT2D eigenvalue weighted by atomic mass is 10.2. The van der Waals surface area contributed by atoms with Crippen LogP contribution in [0, 0.1) is 5.75 Å². The molecule has 0 aliphatic carbocycles. The van der Waals surface area contributed by atoms with Gasteiger partial charge in [-0.05, 0) is 18.1 Å². The minimum absolute atomic E-state index is 0.813. The normalized spacial score (nSPS) is 9.80. The van der Waals surface area contributed by atoms with Gasteiger partial charge in [-0.3, -0.25) is 0 Å². The van der Waals surface area contributed by atoms with Crippen LogP contribution in [0.15, 0.2) is 24.3 Å². The predicted molar refractivity (Wildman–Crippen MR) is 48.4 cm³/mol. The Morgan fingerprint density at radius 1 is 1.40 bits per heavy atom. The van der Waals surface area contributed by atoms with E-state index in [2.05, 4.69) is 12.6 Å². The number of benzene rings is 1. The van der Waals surface area contributed by atoms with E-state index in [1.165, 1.54) is 0 Å². The summed E-state index contributed by atoms with van der Waals surface area (Å²) in [5.41, 5.74) is 1.12. The number of thiol groups is 1. The maximum atomic E-state index is 5.85. The van der Waals surface area contributed by atoms with Gasteiger partial charge in [-0.15, -0.1) is 0 Å². The first-order valence-corrected chi connectivity index (χ1v) is 3.93. The maximum absolute atomic E-state index is 5.85. The summed E-state index contributed by atoms with van der Waals surface area (Å²) >= 11 is 9.84. The van der Waals surface area contributed by atoms with Crippen LogP contribution in [0.5, 0.6) is 0 Å². The standard InChI is InChI=1S/C8H8ClS/c9-8-4-2-1-3-7(8)5-6-10/h1-4,6,10H,5H2. The molecule has 0 aliphatic heterocycles. The summed E-state index contributed by atoms with van der Waals surface area (Å²) in [6.45, 7) is 0. The van der Waals surface area contributed by atoms with Crippen molar-refractivity contribution in [2.24, 2.45) is 0 Å². The molecular weight excluding hydrogens is 164 g/mol. The molecule has 0 fully saturated rings. The highest BCUT2D eigenvalue weighted by Crippen LogP contribution is 2.16. The Kier molecular flexibility index (Phi) is 3.10. The van der Waals surface area contributed by atoms with E-state index in [1.807, 2.05) is 24.3 Å². The SMILES string of the molecule is S[CH]Cc1ccccc1Cl. The van der Waals surface area contributed by atoms with Gasteiger partial charge < -0.3 is 0 Å². The third-order valence-corrected chi connectivity index (χ3v) is 1.82. The molecule has 2 heteroatoms. The van der Waals surface area contributed by atoms with Crippen LogP contribution in [-0.2, 0) is 6.42 Å². The van der Waals surface area contributed by atoms with E-state index in [0.717, 1.165) is 17.0 Å². The molecule has 0 spiro atoms. The molecule has 0 saturated carbocycles. The quantitative estimate of drug-likeness (QED) is 0.650. The largest absolute Gasteiger partial charge is 0.174 e. The highest BCUT2D eigenvalue weighted by Gasteiger charge is 1.95.